The van der Waals surface area contributed by atoms with E-state index in [1.54, 1.807) is 11.1 Å². The Labute approximate surface area is 118 Å². The Balaban J connectivity index is 2.24. The van der Waals surface area contributed by atoms with E-state index in [0.29, 0.717) is 11.6 Å². The van der Waals surface area contributed by atoms with E-state index in [2.05, 4.69) is 4.98 Å². The van der Waals surface area contributed by atoms with Gasteiger partial charge in [0.2, 0.25) is 0 Å². The quantitative estimate of drug-likeness (QED) is 0.783. The van der Waals surface area contributed by atoms with Crippen molar-refractivity contribution in [1.29, 1.82) is 0 Å². The Kier molecular flexibility index (Phi) is 3.72. The van der Waals surface area contributed by atoms with Gasteiger partial charge in [-0.05, 0) is 38.8 Å². The van der Waals surface area contributed by atoms with Gasteiger partial charge in [0.25, 0.3) is 0 Å². The number of amides is 1. The zero-order valence-corrected chi connectivity index (χ0v) is 12.5. The van der Waals surface area contributed by atoms with Crippen LogP contribution >= 0.6 is 11.6 Å². The van der Waals surface area contributed by atoms with Gasteiger partial charge in [0.15, 0.2) is 0 Å². The van der Waals surface area contributed by atoms with Crippen molar-refractivity contribution in [2.24, 2.45) is 0 Å². The average molecular weight is 283 g/mol. The molecule has 4 nitrogen and oxygen atoms in total. The van der Waals surface area contributed by atoms with Gasteiger partial charge in [-0.2, -0.15) is 0 Å². The highest BCUT2D eigenvalue weighted by Gasteiger charge is 2.36. The van der Waals surface area contributed by atoms with E-state index >= 15 is 0 Å². The van der Waals surface area contributed by atoms with Crippen molar-refractivity contribution in [3.63, 3.8) is 0 Å². The third-order valence-electron chi connectivity index (χ3n) is 3.02. The Hall–Kier alpha value is -1.29. The van der Waals surface area contributed by atoms with Gasteiger partial charge in [0, 0.05) is 6.20 Å². The van der Waals surface area contributed by atoms with Gasteiger partial charge in [-0.1, -0.05) is 18.5 Å². The summed E-state index contributed by atoms with van der Waals surface area (Å²) in [4.78, 5) is 18.3. The molecule has 1 amide bonds. The highest BCUT2D eigenvalue weighted by atomic mass is 35.5. The standard InChI is InChI=1S/C14H19ClN2O2/c1-5-11-12-9(6-10(15)7-16-12)8-17(11)13(18)19-14(2,3)4/h6-7,11H,5,8H2,1-4H3. The number of carbonyl (C=O) groups is 1. The van der Waals surface area contributed by atoms with Crippen molar-refractivity contribution in [2.45, 2.75) is 52.3 Å². The first kappa shape index (κ1) is 14.1. The molecule has 19 heavy (non-hydrogen) atoms. The topological polar surface area (TPSA) is 42.4 Å². The predicted octanol–water partition coefficient (Wildman–Crippen LogP) is 3.94. The largest absolute Gasteiger partial charge is 0.444 e. The molecule has 2 rings (SSSR count). The lowest BCUT2D eigenvalue weighted by Crippen LogP contribution is -2.35. The van der Waals surface area contributed by atoms with Gasteiger partial charge >= 0.3 is 6.09 Å². The van der Waals surface area contributed by atoms with Crippen LogP contribution in [0.25, 0.3) is 0 Å². The fourth-order valence-corrected chi connectivity index (χ4v) is 2.47. The minimum atomic E-state index is -0.491. The van der Waals surface area contributed by atoms with Crippen molar-refractivity contribution in [1.82, 2.24) is 9.88 Å². The van der Waals surface area contributed by atoms with Crippen LogP contribution in [0.3, 0.4) is 0 Å². The molecule has 1 aromatic heterocycles. The molecule has 0 fully saturated rings. The highest BCUT2D eigenvalue weighted by Crippen LogP contribution is 2.36. The molecule has 0 saturated carbocycles. The number of hydrogen-bond donors (Lipinski definition) is 0. The van der Waals surface area contributed by atoms with Crippen molar-refractivity contribution < 1.29 is 9.53 Å². The SMILES string of the molecule is CCC1c2ncc(Cl)cc2CN1C(=O)OC(C)(C)C. The maximum absolute atomic E-state index is 12.2. The molecule has 104 valence electrons. The molecule has 0 bridgehead atoms. The molecule has 1 aliphatic rings. The van der Waals surface area contributed by atoms with Gasteiger partial charge in [-0.3, -0.25) is 9.88 Å². The van der Waals surface area contributed by atoms with Crippen LogP contribution in [0.5, 0.6) is 0 Å². The van der Waals surface area contributed by atoms with Crippen LogP contribution < -0.4 is 0 Å². The molecular weight excluding hydrogens is 264 g/mol. The molecular formula is C14H19ClN2O2. The van der Waals surface area contributed by atoms with E-state index in [4.69, 9.17) is 16.3 Å². The Bertz CT molecular complexity index is 497. The summed E-state index contributed by atoms with van der Waals surface area (Å²) in [6.07, 6.45) is 2.14. The number of hydrogen-bond acceptors (Lipinski definition) is 3. The van der Waals surface area contributed by atoms with Crippen molar-refractivity contribution in [3.8, 4) is 0 Å². The number of ether oxygens (including phenoxy) is 1. The average Bonchev–Trinajstić information content (AvgIpc) is 2.64. The van der Waals surface area contributed by atoms with Gasteiger partial charge in [-0.15, -0.1) is 0 Å². The number of pyridine rings is 1. The van der Waals surface area contributed by atoms with Crippen molar-refractivity contribution in [2.75, 3.05) is 0 Å². The monoisotopic (exact) mass is 282 g/mol. The molecule has 1 atom stereocenters. The second kappa shape index (κ2) is 5.00. The lowest BCUT2D eigenvalue weighted by atomic mass is 10.1. The van der Waals surface area contributed by atoms with E-state index in [9.17, 15) is 4.79 Å². The molecule has 0 saturated heterocycles. The van der Waals surface area contributed by atoms with Crippen LogP contribution in [0.15, 0.2) is 12.3 Å². The zero-order chi connectivity index (χ0) is 14.2. The van der Waals surface area contributed by atoms with Crippen molar-refractivity contribution >= 4 is 17.7 Å². The maximum Gasteiger partial charge on any atom is 0.411 e. The molecule has 0 N–H and O–H groups in total. The van der Waals surface area contributed by atoms with E-state index in [-0.39, 0.29) is 12.1 Å². The smallest absolute Gasteiger partial charge is 0.411 e. The molecule has 2 heterocycles. The molecule has 0 aliphatic carbocycles. The van der Waals surface area contributed by atoms with E-state index in [0.717, 1.165) is 17.7 Å². The third-order valence-corrected chi connectivity index (χ3v) is 3.22. The highest BCUT2D eigenvalue weighted by molar-refractivity contribution is 6.30. The number of halogens is 1. The van der Waals surface area contributed by atoms with Crippen LogP contribution in [-0.2, 0) is 11.3 Å². The van der Waals surface area contributed by atoms with Gasteiger partial charge in [0.05, 0.1) is 23.3 Å². The first-order chi connectivity index (χ1) is 8.81. The summed E-state index contributed by atoms with van der Waals surface area (Å²) in [6, 6.07) is 1.85. The van der Waals surface area contributed by atoms with E-state index in [1.807, 2.05) is 33.8 Å². The van der Waals surface area contributed by atoms with Gasteiger partial charge in [0.1, 0.15) is 5.60 Å². The second-order valence-electron chi connectivity index (χ2n) is 5.73. The Morgan fingerprint density at radius 1 is 1.58 bits per heavy atom. The molecule has 1 unspecified atom stereocenters. The van der Waals surface area contributed by atoms with Crippen LogP contribution in [0.2, 0.25) is 5.02 Å². The van der Waals surface area contributed by atoms with E-state index < -0.39 is 5.60 Å². The number of aromatic nitrogens is 1. The summed E-state index contributed by atoms with van der Waals surface area (Å²) >= 11 is 5.95. The molecule has 0 aromatic carbocycles. The Morgan fingerprint density at radius 3 is 2.84 bits per heavy atom. The van der Waals surface area contributed by atoms with Crippen LogP contribution in [-0.4, -0.2) is 21.6 Å². The number of rotatable bonds is 1. The van der Waals surface area contributed by atoms with Crippen molar-refractivity contribution in [3.05, 3.63) is 28.5 Å². The number of nitrogens with zero attached hydrogens (tertiary/aromatic N) is 2. The summed E-state index contributed by atoms with van der Waals surface area (Å²) in [5.74, 6) is 0. The van der Waals surface area contributed by atoms with Crippen LogP contribution in [0.4, 0.5) is 4.79 Å². The summed E-state index contributed by atoms with van der Waals surface area (Å²) < 4.78 is 5.44. The Morgan fingerprint density at radius 2 is 2.26 bits per heavy atom. The third kappa shape index (κ3) is 3.00. The normalized spacial score (nSPS) is 18.4. The lowest BCUT2D eigenvalue weighted by Gasteiger charge is -2.28. The van der Waals surface area contributed by atoms with Crippen LogP contribution in [0, 0.1) is 0 Å². The lowest BCUT2D eigenvalue weighted by molar-refractivity contribution is 0.0166. The number of fused-ring (bicyclic) bond motifs is 1. The first-order valence-corrected chi connectivity index (χ1v) is 6.83. The molecule has 0 spiro atoms. The summed E-state index contributed by atoms with van der Waals surface area (Å²) in [7, 11) is 0. The fourth-order valence-electron chi connectivity index (χ4n) is 2.29. The molecule has 1 aromatic rings. The summed E-state index contributed by atoms with van der Waals surface area (Å²) in [6.45, 7) is 8.14. The first-order valence-electron chi connectivity index (χ1n) is 6.45. The fraction of sp³-hybridized carbons (Fsp3) is 0.571. The second-order valence-corrected chi connectivity index (χ2v) is 6.17. The zero-order valence-electron chi connectivity index (χ0n) is 11.7. The van der Waals surface area contributed by atoms with Gasteiger partial charge in [-0.25, -0.2) is 4.79 Å². The molecule has 0 radical (unpaired) electrons. The molecule has 5 heteroatoms. The van der Waals surface area contributed by atoms with Gasteiger partial charge < -0.3 is 4.74 Å². The predicted molar refractivity (Wildman–Crippen MR) is 74.1 cm³/mol. The maximum atomic E-state index is 12.2. The van der Waals surface area contributed by atoms with Crippen LogP contribution in [0.1, 0.15) is 51.4 Å². The molecule has 1 aliphatic heterocycles. The number of carbonyl (C=O) groups excluding carboxylic acids is 1. The summed E-state index contributed by atoms with van der Waals surface area (Å²) in [5, 5.41) is 0.597. The summed E-state index contributed by atoms with van der Waals surface area (Å²) in [5.41, 5.74) is 1.44. The minimum absolute atomic E-state index is 0.0258. The van der Waals surface area contributed by atoms with E-state index in [1.165, 1.54) is 0 Å². The minimum Gasteiger partial charge on any atom is -0.444 e.